The van der Waals surface area contributed by atoms with Gasteiger partial charge in [-0.2, -0.15) is 0 Å². The van der Waals surface area contributed by atoms with Crippen LogP contribution >= 0.6 is 0 Å². The highest BCUT2D eigenvalue weighted by Crippen LogP contribution is 2.13. The lowest BCUT2D eigenvalue weighted by atomic mass is 10.1. The van der Waals surface area contributed by atoms with Gasteiger partial charge < -0.3 is 15.2 Å². The normalized spacial score (nSPS) is 11.5. The highest BCUT2D eigenvalue weighted by molar-refractivity contribution is 5.98. The summed E-state index contributed by atoms with van der Waals surface area (Å²) in [6.45, 7) is 1.37. The summed E-state index contributed by atoms with van der Waals surface area (Å²) < 4.78 is 4.98. The highest BCUT2D eigenvalue weighted by Gasteiger charge is 2.15. The molecule has 0 aliphatic rings. The van der Waals surface area contributed by atoms with Crippen LogP contribution in [0.15, 0.2) is 24.3 Å². The van der Waals surface area contributed by atoms with Crippen molar-refractivity contribution in [1.82, 2.24) is 5.32 Å². The van der Waals surface area contributed by atoms with Crippen LogP contribution in [0.2, 0.25) is 0 Å². The number of hydrogen-bond acceptors (Lipinski definition) is 4. The number of Topliss-reactive ketones (excluding diaryl/α,β-unsaturated/α-hetero) is 1. The fourth-order valence-corrected chi connectivity index (χ4v) is 1.52. The van der Waals surface area contributed by atoms with Crippen molar-refractivity contribution in [3.05, 3.63) is 29.8 Å². The van der Waals surface area contributed by atoms with Crippen LogP contribution in [0.3, 0.4) is 0 Å². The average molecular weight is 279 g/mol. The molecule has 0 aliphatic heterocycles. The number of carboxylic acids is 1. The predicted molar refractivity (Wildman–Crippen MR) is 71.8 cm³/mol. The second-order valence-corrected chi connectivity index (χ2v) is 4.28. The van der Waals surface area contributed by atoms with Gasteiger partial charge in [-0.3, -0.25) is 14.4 Å². The number of carboxylic acid groups (broad SMARTS) is 1. The minimum Gasteiger partial charge on any atom is -0.497 e. The Balaban J connectivity index is 2.46. The molecule has 0 bridgehead atoms. The molecule has 20 heavy (non-hydrogen) atoms. The zero-order valence-electron chi connectivity index (χ0n) is 11.4. The first-order chi connectivity index (χ1) is 9.43. The molecule has 6 heteroatoms. The molecule has 6 nitrogen and oxygen atoms in total. The Labute approximate surface area is 116 Å². The van der Waals surface area contributed by atoms with E-state index >= 15 is 0 Å². The van der Waals surface area contributed by atoms with E-state index in [1.54, 1.807) is 24.3 Å². The molecule has 108 valence electrons. The van der Waals surface area contributed by atoms with E-state index in [4.69, 9.17) is 9.84 Å². The number of ether oxygens (including phenoxy) is 1. The van der Waals surface area contributed by atoms with Crippen LogP contribution in [-0.2, 0) is 9.59 Å². The van der Waals surface area contributed by atoms with Gasteiger partial charge >= 0.3 is 5.97 Å². The van der Waals surface area contributed by atoms with Gasteiger partial charge in [-0.1, -0.05) is 0 Å². The Hall–Kier alpha value is -2.37. The third-order valence-corrected chi connectivity index (χ3v) is 2.74. The molecule has 0 aromatic heterocycles. The molecule has 1 amide bonds. The molecule has 1 aromatic rings. The minimum absolute atomic E-state index is 0.0322. The predicted octanol–water partition coefficient (Wildman–Crippen LogP) is 1.25. The standard InChI is InChI=1S/C14H17NO5/c1-9(14(18)19)15-13(17)8-7-12(16)10-3-5-11(20-2)6-4-10/h3-6,9H,7-8H2,1-2H3,(H,15,17)(H,18,19)/t9-/m0/s1. The Bertz CT molecular complexity index is 495. The lowest BCUT2D eigenvalue weighted by molar-refractivity contribution is -0.141. The molecule has 0 saturated heterocycles. The first kappa shape index (κ1) is 15.7. The molecule has 0 fully saturated rings. The molecule has 0 heterocycles. The molecular weight excluding hydrogens is 262 g/mol. The number of carbonyl (C=O) groups excluding carboxylic acids is 2. The molecule has 2 N–H and O–H groups in total. The summed E-state index contributed by atoms with van der Waals surface area (Å²) in [6, 6.07) is 5.62. The number of ketones is 1. The molecule has 0 unspecified atom stereocenters. The summed E-state index contributed by atoms with van der Waals surface area (Å²) in [7, 11) is 1.53. The Morgan fingerprint density at radius 3 is 2.30 bits per heavy atom. The fraction of sp³-hybridized carbons (Fsp3) is 0.357. The molecule has 1 rings (SSSR count). The van der Waals surface area contributed by atoms with Crippen molar-refractivity contribution in [2.24, 2.45) is 0 Å². The number of methoxy groups -OCH3 is 1. The van der Waals surface area contributed by atoms with E-state index in [0.29, 0.717) is 11.3 Å². The van der Waals surface area contributed by atoms with Crippen molar-refractivity contribution in [1.29, 1.82) is 0 Å². The van der Waals surface area contributed by atoms with E-state index in [0.717, 1.165) is 0 Å². The van der Waals surface area contributed by atoms with Gasteiger partial charge in [0.25, 0.3) is 0 Å². The molecule has 1 aromatic carbocycles. The van der Waals surface area contributed by atoms with Crippen LogP contribution in [0.1, 0.15) is 30.1 Å². The molecule has 0 radical (unpaired) electrons. The smallest absolute Gasteiger partial charge is 0.325 e. The van der Waals surface area contributed by atoms with Crippen LogP contribution < -0.4 is 10.1 Å². The van der Waals surface area contributed by atoms with Gasteiger partial charge in [0.15, 0.2) is 5.78 Å². The SMILES string of the molecule is COc1ccc(C(=O)CCC(=O)N[C@@H](C)C(=O)O)cc1. The van der Waals surface area contributed by atoms with Gasteiger partial charge in [0, 0.05) is 18.4 Å². The highest BCUT2D eigenvalue weighted by atomic mass is 16.5. The topological polar surface area (TPSA) is 92.7 Å². The van der Waals surface area contributed by atoms with Crippen LogP contribution in [-0.4, -0.2) is 35.9 Å². The second-order valence-electron chi connectivity index (χ2n) is 4.28. The van der Waals surface area contributed by atoms with Gasteiger partial charge in [-0.25, -0.2) is 0 Å². The summed E-state index contributed by atoms with van der Waals surface area (Å²) in [6.07, 6.45) is -0.00696. The van der Waals surface area contributed by atoms with E-state index in [1.165, 1.54) is 14.0 Å². The molecule has 0 spiro atoms. The maximum atomic E-state index is 11.8. The number of carbonyl (C=O) groups is 3. The van der Waals surface area contributed by atoms with Crippen molar-refractivity contribution < 1.29 is 24.2 Å². The number of nitrogens with one attached hydrogen (secondary N) is 1. The molecule has 1 atom stereocenters. The Morgan fingerprint density at radius 1 is 1.20 bits per heavy atom. The van der Waals surface area contributed by atoms with E-state index < -0.39 is 17.9 Å². The maximum absolute atomic E-state index is 11.8. The van der Waals surface area contributed by atoms with E-state index in [1.807, 2.05) is 0 Å². The Kier molecular flexibility index (Phi) is 5.71. The van der Waals surface area contributed by atoms with Crippen molar-refractivity contribution in [3.8, 4) is 5.75 Å². The van der Waals surface area contributed by atoms with Gasteiger partial charge in [0.05, 0.1) is 7.11 Å². The zero-order chi connectivity index (χ0) is 15.1. The lowest BCUT2D eigenvalue weighted by Gasteiger charge is -2.08. The fourth-order valence-electron chi connectivity index (χ4n) is 1.52. The quantitative estimate of drug-likeness (QED) is 0.733. The first-order valence-electron chi connectivity index (χ1n) is 6.13. The van der Waals surface area contributed by atoms with Crippen molar-refractivity contribution >= 4 is 17.7 Å². The van der Waals surface area contributed by atoms with Crippen molar-refractivity contribution in [2.45, 2.75) is 25.8 Å². The number of benzene rings is 1. The van der Waals surface area contributed by atoms with Gasteiger partial charge in [0.2, 0.25) is 5.91 Å². The monoisotopic (exact) mass is 279 g/mol. The van der Waals surface area contributed by atoms with E-state index in [9.17, 15) is 14.4 Å². The van der Waals surface area contributed by atoms with Gasteiger partial charge in [0.1, 0.15) is 11.8 Å². The molecule has 0 aliphatic carbocycles. The number of rotatable bonds is 7. The maximum Gasteiger partial charge on any atom is 0.325 e. The number of amides is 1. The summed E-state index contributed by atoms with van der Waals surface area (Å²) in [5.41, 5.74) is 0.491. The minimum atomic E-state index is -1.11. The van der Waals surface area contributed by atoms with Crippen molar-refractivity contribution in [2.75, 3.05) is 7.11 Å². The lowest BCUT2D eigenvalue weighted by Crippen LogP contribution is -2.38. The van der Waals surface area contributed by atoms with Crippen LogP contribution in [0, 0.1) is 0 Å². The molecule has 0 saturated carbocycles. The Morgan fingerprint density at radius 2 is 1.80 bits per heavy atom. The molecular formula is C14H17NO5. The number of aliphatic carboxylic acids is 1. The third-order valence-electron chi connectivity index (χ3n) is 2.74. The second kappa shape index (κ2) is 7.28. The van der Waals surface area contributed by atoms with Crippen LogP contribution in [0.25, 0.3) is 0 Å². The van der Waals surface area contributed by atoms with Crippen LogP contribution in [0.4, 0.5) is 0 Å². The van der Waals surface area contributed by atoms with Crippen molar-refractivity contribution in [3.63, 3.8) is 0 Å². The summed E-state index contributed by atoms with van der Waals surface area (Å²) in [5, 5.41) is 10.9. The summed E-state index contributed by atoms with van der Waals surface area (Å²) >= 11 is 0. The van der Waals surface area contributed by atoms with E-state index in [2.05, 4.69) is 5.32 Å². The van der Waals surface area contributed by atoms with E-state index in [-0.39, 0.29) is 18.6 Å². The summed E-state index contributed by atoms with van der Waals surface area (Å²) in [5.74, 6) is -1.10. The third kappa shape index (κ3) is 4.72. The first-order valence-corrected chi connectivity index (χ1v) is 6.13. The van der Waals surface area contributed by atoms with Crippen LogP contribution in [0.5, 0.6) is 5.75 Å². The van der Waals surface area contributed by atoms with Gasteiger partial charge in [-0.05, 0) is 31.2 Å². The largest absolute Gasteiger partial charge is 0.497 e. The average Bonchev–Trinajstić information content (AvgIpc) is 2.44. The number of hydrogen-bond donors (Lipinski definition) is 2. The zero-order valence-corrected chi connectivity index (χ0v) is 11.4. The summed E-state index contributed by atoms with van der Waals surface area (Å²) in [4.78, 5) is 33.8. The van der Waals surface area contributed by atoms with Gasteiger partial charge in [-0.15, -0.1) is 0 Å².